The number of nitrogens with one attached hydrogen (secondary N) is 2. The van der Waals surface area contributed by atoms with Crippen LogP contribution in [0, 0.1) is 7.14 Å². The summed E-state index contributed by atoms with van der Waals surface area (Å²) in [6.45, 7) is 4.06. The van der Waals surface area contributed by atoms with Gasteiger partial charge in [0.2, 0.25) is 0 Å². The minimum Gasteiger partial charge on any atom is -0.480 e. The number of carbonyl (C=O) groups excluding carboxylic acids is 2. The summed E-state index contributed by atoms with van der Waals surface area (Å²) in [5, 5.41) is 6.28. The van der Waals surface area contributed by atoms with Gasteiger partial charge in [-0.1, -0.05) is 30.8 Å². The topological polar surface area (TPSA) is 76.7 Å². The second-order valence-electron chi connectivity index (χ2n) is 6.58. The number of thioether (sulfide) groups is 1. The second kappa shape index (κ2) is 11.4. The van der Waals surface area contributed by atoms with Crippen molar-refractivity contribution in [2.24, 2.45) is 0 Å². The van der Waals surface area contributed by atoms with Crippen LogP contribution in [0.3, 0.4) is 0 Å². The molecule has 2 aromatic rings. The van der Waals surface area contributed by atoms with Crippen molar-refractivity contribution in [1.82, 2.24) is 5.32 Å². The quantitative estimate of drug-likeness (QED) is 0.235. The van der Waals surface area contributed by atoms with Crippen LogP contribution in [0.2, 0.25) is 0 Å². The molecule has 0 unspecified atom stereocenters. The summed E-state index contributed by atoms with van der Waals surface area (Å²) in [6, 6.07) is 12.1. The van der Waals surface area contributed by atoms with Crippen LogP contribution >= 0.6 is 56.9 Å². The molecule has 0 radical (unpaired) electrons. The average Bonchev–Trinajstić information content (AvgIpc) is 3.06. The van der Waals surface area contributed by atoms with E-state index in [1.54, 1.807) is 6.92 Å². The highest BCUT2D eigenvalue weighted by Crippen LogP contribution is 2.33. The molecule has 1 aliphatic heterocycles. The lowest BCUT2D eigenvalue weighted by molar-refractivity contribution is -0.145. The summed E-state index contributed by atoms with van der Waals surface area (Å²) in [6.07, 6.45) is 2.85. The van der Waals surface area contributed by atoms with Gasteiger partial charge in [0.05, 0.1) is 18.7 Å². The van der Waals surface area contributed by atoms with Gasteiger partial charge in [-0.3, -0.25) is 4.79 Å². The summed E-state index contributed by atoms with van der Waals surface area (Å²) in [4.78, 5) is 24.6. The van der Waals surface area contributed by atoms with Crippen LogP contribution in [-0.4, -0.2) is 30.6 Å². The molecule has 164 valence electrons. The third-order valence-corrected chi connectivity index (χ3v) is 6.98. The molecule has 2 N–H and O–H groups in total. The average molecular weight is 664 g/mol. The molecule has 0 aliphatic carbocycles. The van der Waals surface area contributed by atoms with Crippen molar-refractivity contribution < 1.29 is 19.1 Å². The van der Waals surface area contributed by atoms with Crippen molar-refractivity contribution in [2.45, 2.75) is 25.8 Å². The van der Waals surface area contributed by atoms with E-state index in [0.717, 1.165) is 24.8 Å². The standard InChI is InChI=1S/C22H22I2N2O4S/c1-3-13-5-7-15(8-6-13)25-22-26-21(28)18(31-22)11-14-9-16(23)20(17(24)10-14)30-12-19(27)29-4-2/h5-11,22,25H,3-4,12H2,1-2H3,(H,26,28)/b18-11-/t22-/m0/s1. The number of ether oxygens (including phenoxy) is 2. The highest BCUT2D eigenvalue weighted by atomic mass is 127. The highest BCUT2D eigenvalue weighted by molar-refractivity contribution is 14.1. The number of hydrogen-bond acceptors (Lipinski definition) is 6. The Morgan fingerprint density at radius 3 is 2.48 bits per heavy atom. The zero-order valence-electron chi connectivity index (χ0n) is 17.0. The third kappa shape index (κ3) is 6.75. The molecule has 1 atom stereocenters. The van der Waals surface area contributed by atoms with Gasteiger partial charge in [-0.2, -0.15) is 0 Å². The number of halogens is 2. The summed E-state index contributed by atoms with van der Waals surface area (Å²) in [7, 11) is 0. The maximum atomic E-state index is 12.4. The van der Waals surface area contributed by atoms with E-state index in [0.29, 0.717) is 17.3 Å². The zero-order chi connectivity index (χ0) is 22.4. The Balaban J connectivity index is 1.67. The van der Waals surface area contributed by atoms with Gasteiger partial charge in [-0.05, 0) is 100.0 Å². The molecule has 0 aromatic heterocycles. The Hall–Kier alpha value is -1.47. The van der Waals surface area contributed by atoms with E-state index in [2.05, 4.69) is 74.9 Å². The van der Waals surface area contributed by atoms with Gasteiger partial charge in [0, 0.05) is 5.69 Å². The van der Waals surface area contributed by atoms with Gasteiger partial charge in [-0.15, -0.1) is 0 Å². The Bertz CT molecular complexity index is 973. The minimum absolute atomic E-state index is 0.111. The Labute approximate surface area is 213 Å². The summed E-state index contributed by atoms with van der Waals surface area (Å²) in [5.74, 6) is 0.123. The lowest BCUT2D eigenvalue weighted by Gasteiger charge is -2.13. The van der Waals surface area contributed by atoms with Gasteiger partial charge >= 0.3 is 5.97 Å². The predicted octanol–water partition coefficient (Wildman–Crippen LogP) is 5.00. The number of benzene rings is 2. The number of hydrogen-bond donors (Lipinski definition) is 2. The van der Waals surface area contributed by atoms with Crippen LogP contribution in [0.15, 0.2) is 41.3 Å². The third-order valence-electron chi connectivity index (χ3n) is 4.35. The first-order valence-electron chi connectivity index (χ1n) is 9.71. The molecule has 9 heteroatoms. The molecule has 0 spiro atoms. The fourth-order valence-electron chi connectivity index (χ4n) is 2.84. The lowest BCUT2D eigenvalue weighted by atomic mass is 10.1. The normalized spacial score (nSPS) is 16.8. The highest BCUT2D eigenvalue weighted by Gasteiger charge is 2.27. The number of amides is 1. The van der Waals surface area contributed by atoms with Gasteiger partial charge in [0.25, 0.3) is 5.91 Å². The van der Waals surface area contributed by atoms with E-state index in [4.69, 9.17) is 9.47 Å². The SMILES string of the molecule is CCOC(=O)COc1c(I)cc(/C=C2\S[C@@H](Nc3ccc(CC)cc3)NC2=O)cc1I. The molecular weight excluding hydrogens is 642 g/mol. The molecule has 1 heterocycles. The molecule has 2 aromatic carbocycles. The van der Waals surface area contributed by atoms with E-state index in [-0.39, 0.29) is 18.0 Å². The zero-order valence-corrected chi connectivity index (χ0v) is 22.2. The molecule has 1 aliphatic rings. The predicted molar refractivity (Wildman–Crippen MR) is 141 cm³/mol. The molecule has 1 amide bonds. The van der Waals surface area contributed by atoms with Crippen LogP contribution < -0.4 is 15.4 Å². The molecule has 6 nitrogen and oxygen atoms in total. The van der Waals surface area contributed by atoms with Gasteiger partial charge in [-0.25, -0.2) is 4.79 Å². The van der Waals surface area contributed by atoms with Crippen molar-refractivity contribution in [2.75, 3.05) is 18.5 Å². The number of anilines is 1. The molecule has 1 fully saturated rings. The molecular formula is C22H22I2N2O4S. The molecule has 0 bridgehead atoms. The van der Waals surface area contributed by atoms with Crippen molar-refractivity contribution in [3.63, 3.8) is 0 Å². The van der Waals surface area contributed by atoms with Crippen molar-refractivity contribution >= 4 is 80.6 Å². The van der Waals surface area contributed by atoms with Crippen LogP contribution in [0.1, 0.15) is 25.0 Å². The summed E-state index contributed by atoms with van der Waals surface area (Å²) < 4.78 is 12.2. The Morgan fingerprint density at radius 1 is 1.19 bits per heavy atom. The van der Waals surface area contributed by atoms with E-state index in [9.17, 15) is 9.59 Å². The van der Waals surface area contributed by atoms with E-state index in [1.165, 1.54) is 17.3 Å². The van der Waals surface area contributed by atoms with Crippen LogP contribution in [0.4, 0.5) is 5.69 Å². The van der Waals surface area contributed by atoms with Gasteiger partial charge in [0.1, 0.15) is 5.75 Å². The first-order chi connectivity index (χ1) is 14.9. The smallest absolute Gasteiger partial charge is 0.344 e. The first kappa shape index (κ1) is 24.2. The molecule has 3 rings (SSSR count). The van der Waals surface area contributed by atoms with Crippen LogP contribution in [-0.2, 0) is 20.7 Å². The van der Waals surface area contributed by atoms with Crippen molar-refractivity contribution in [3.8, 4) is 5.75 Å². The number of aryl methyl sites for hydroxylation is 1. The first-order valence-corrected chi connectivity index (χ1v) is 12.8. The summed E-state index contributed by atoms with van der Waals surface area (Å²) >= 11 is 5.78. The number of esters is 1. The number of carbonyl (C=O) groups is 2. The molecule has 1 saturated heterocycles. The summed E-state index contributed by atoms with van der Waals surface area (Å²) in [5.41, 5.74) is 2.90. The Morgan fingerprint density at radius 2 is 1.87 bits per heavy atom. The van der Waals surface area contributed by atoms with Crippen molar-refractivity contribution in [3.05, 3.63) is 59.6 Å². The minimum atomic E-state index is -0.401. The van der Waals surface area contributed by atoms with Crippen molar-refractivity contribution in [1.29, 1.82) is 0 Å². The maximum absolute atomic E-state index is 12.4. The van der Waals surface area contributed by atoms with Crippen LogP contribution in [0.5, 0.6) is 5.75 Å². The van der Waals surface area contributed by atoms with Gasteiger partial charge < -0.3 is 20.1 Å². The Kier molecular flexibility index (Phi) is 8.90. The van der Waals surface area contributed by atoms with E-state index in [1.807, 2.05) is 30.3 Å². The van der Waals surface area contributed by atoms with Gasteiger partial charge in [0.15, 0.2) is 12.1 Å². The second-order valence-corrected chi connectivity index (χ2v) is 10.1. The van der Waals surface area contributed by atoms with E-state index >= 15 is 0 Å². The monoisotopic (exact) mass is 664 g/mol. The maximum Gasteiger partial charge on any atom is 0.344 e. The fourth-order valence-corrected chi connectivity index (χ4v) is 5.95. The molecule has 31 heavy (non-hydrogen) atoms. The number of rotatable bonds is 8. The van der Waals surface area contributed by atoms with E-state index < -0.39 is 5.97 Å². The lowest BCUT2D eigenvalue weighted by Crippen LogP contribution is -2.30. The fraction of sp³-hybridized carbons (Fsp3) is 0.273. The molecule has 0 saturated carbocycles. The van der Waals surface area contributed by atoms with Crippen LogP contribution in [0.25, 0.3) is 6.08 Å². The largest absolute Gasteiger partial charge is 0.480 e.